The molecule has 1 aliphatic heterocycles. The largest absolute Gasteiger partial charge is 0.497 e. The number of methoxy groups -OCH3 is 1. The summed E-state index contributed by atoms with van der Waals surface area (Å²) in [7, 11) is 1.72. The smallest absolute Gasteiger partial charge is 0.119 e. The Bertz CT molecular complexity index is 403. The second-order valence-corrected chi connectivity index (χ2v) is 7.64. The van der Waals surface area contributed by atoms with Crippen molar-refractivity contribution in [3.63, 3.8) is 0 Å². The maximum absolute atomic E-state index is 5.30. The number of hydrogen-bond donors (Lipinski definition) is 0. The molecular formula is C14H20BrNOS. The fourth-order valence-corrected chi connectivity index (χ4v) is 4.21. The molecule has 1 saturated heterocycles. The van der Waals surface area contributed by atoms with E-state index in [1.807, 2.05) is 6.07 Å². The highest BCUT2D eigenvalue weighted by atomic mass is 79.9. The van der Waals surface area contributed by atoms with Gasteiger partial charge in [0.05, 0.1) is 7.11 Å². The molecule has 0 amide bonds. The van der Waals surface area contributed by atoms with Crippen LogP contribution < -0.4 is 4.74 Å². The van der Waals surface area contributed by atoms with Crippen molar-refractivity contribution in [2.75, 3.05) is 20.2 Å². The minimum atomic E-state index is 0.720. The molecule has 0 spiro atoms. The molecular weight excluding hydrogens is 310 g/mol. The zero-order valence-corrected chi connectivity index (χ0v) is 13.6. The highest BCUT2D eigenvalue weighted by Crippen LogP contribution is 2.28. The summed E-state index contributed by atoms with van der Waals surface area (Å²) in [5, 5.41) is 1.44. The highest BCUT2D eigenvalue weighted by Gasteiger charge is 2.22. The van der Waals surface area contributed by atoms with E-state index in [-0.39, 0.29) is 0 Å². The molecule has 2 atom stereocenters. The topological polar surface area (TPSA) is 12.5 Å². The zero-order chi connectivity index (χ0) is 13.1. The molecule has 0 N–H and O–H groups in total. The number of thioether (sulfide) groups is 1. The fraction of sp³-hybridized carbons (Fsp3) is 0.571. The van der Waals surface area contributed by atoms with E-state index in [4.69, 9.17) is 4.74 Å². The van der Waals surface area contributed by atoms with Crippen molar-refractivity contribution < 1.29 is 4.74 Å². The van der Waals surface area contributed by atoms with Crippen LogP contribution in [0, 0.1) is 0 Å². The average molecular weight is 330 g/mol. The Hall–Kier alpha value is -0.190. The van der Waals surface area contributed by atoms with Crippen molar-refractivity contribution in [1.82, 2.24) is 4.90 Å². The first-order chi connectivity index (χ1) is 8.58. The van der Waals surface area contributed by atoms with Gasteiger partial charge in [-0.15, -0.1) is 0 Å². The second-order valence-electron chi connectivity index (χ2n) is 4.91. The summed E-state index contributed by atoms with van der Waals surface area (Å²) in [4.78, 5) is 2.53. The first-order valence-electron chi connectivity index (χ1n) is 6.28. The summed E-state index contributed by atoms with van der Waals surface area (Å²) in [5.41, 5.74) is 1.31. The Kier molecular flexibility index (Phi) is 4.98. The van der Waals surface area contributed by atoms with Crippen LogP contribution in [-0.2, 0) is 6.54 Å². The van der Waals surface area contributed by atoms with Crippen LogP contribution >= 0.6 is 27.7 Å². The summed E-state index contributed by atoms with van der Waals surface area (Å²) >= 11 is 5.72. The molecule has 0 aliphatic carbocycles. The minimum Gasteiger partial charge on any atom is -0.497 e. The van der Waals surface area contributed by atoms with Crippen molar-refractivity contribution in [2.24, 2.45) is 0 Å². The molecule has 4 heteroatoms. The highest BCUT2D eigenvalue weighted by molar-refractivity contribution is 9.10. The summed E-state index contributed by atoms with van der Waals surface area (Å²) in [6.07, 6.45) is 0. The minimum absolute atomic E-state index is 0.720. The van der Waals surface area contributed by atoms with Crippen LogP contribution in [0.4, 0.5) is 0 Å². The van der Waals surface area contributed by atoms with E-state index >= 15 is 0 Å². The Morgan fingerprint density at radius 1 is 1.33 bits per heavy atom. The van der Waals surface area contributed by atoms with Gasteiger partial charge < -0.3 is 4.74 Å². The molecule has 2 nitrogen and oxygen atoms in total. The molecule has 0 aromatic heterocycles. The normalized spacial score (nSPS) is 25.1. The van der Waals surface area contributed by atoms with E-state index in [9.17, 15) is 0 Å². The lowest BCUT2D eigenvalue weighted by Gasteiger charge is -2.34. The van der Waals surface area contributed by atoms with Gasteiger partial charge in [0.1, 0.15) is 5.75 Å². The van der Waals surface area contributed by atoms with Gasteiger partial charge >= 0.3 is 0 Å². The lowest BCUT2D eigenvalue weighted by atomic mass is 10.2. The van der Waals surface area contributed by atoms with Gasteiger partial charge in [0.15, 0.2) is 0 Å². The van der Waals surface area contributed by atoms with Crippen molar-refractivity contribution in [1.29, 1.82) is 0 Å². The van der Waals surface area contributed by atoms with Crippen molar-refractivity contribution in [3.05, 3.63) is 28.2 Å². The lowest BCUT2D eigenvalue weighted by molar-refractivity contribution is 0.262. The van der Waals surface area contributed by atoms with Gasteiger partial charge in [-0.1, -0.05) is 29.8 Å². The fourth-order valence-electron chi connectivity index (χ4n) is 2.45. The van der Waals surface area contributed by atoms with Crippen LogP contribution in [0.1, 0.15) is 19.4 Å². The van der Waals surface area contributed by atoms with E-state index in [1.54, 1.807) is 7.11 Å². The van der Waals surface area contributed by atoms with E-state index in [1.165, 1.54) is 23.1 Å². The average Bonchev–Trinajstić information content (AvgIpc) is 2.30. The van der Waals surface area contributed by atoms with Gasteiger partial charge in [-0.25, -0.2) is 0 Å². The van der Waals surface area contributed by atoms with Gasteiger partial charge in [0, 0.05) is 34.6 Å². The Labute approximate surface area is 122 Å². The molecule has 2 rings (SSSR count). The maximum Gasteiger partial charge on any atom is 0.119 e. The molecule has 18 heavy (non-hydrogen) atoms. The summed E-state index contributed by atoms with van der Waals surface area (Å²) < 4.78 is 6.47. The molecule has 0 saturated carbocycles. The summed E-state index contributed by atoms with van der Waals surface area (Å²) in [5.74, 6) is 0.931. The van der Waals surface area contributed by atoms with E-state index in [0.717, 1.165) is 22.8 Å². The van der Waals surface area contributed by atoms with Crippen molar-refractivity contribution in [3.8, 4) is 5.75 Å². The molecule has 1 aromatic rings. The van der Waals surface area contributed by atoms with Gasteiger partial charge in [-0.3, -0.25) is 4.90 Å². The van der Waals surface area contributed by atoms with Crippen molar-refractivity contribution >= 4 is 27.7 Å². The second kappa shape index (κ2) is 6.31. The van der Waals surface area contributed by atoms with Gasteiger partial charge in [0.2, 0.25) is 0 Å². The lowest BCUT2D eigenvalue weighted by Crippen LogP contribution is -2.39. The van der Waals surface area contributed by atoms with E-state index < -0.39 is 0 Å². The zero-order valence-electron chi connectivity index (χ0n) is 11.1. The number of ether oxygens (including phenoxy) is 1. The molecule has 1 aromatic carbocycles. The van der Waals surface area contributed by atoms with Crippen LogP contribution in [0.5, 0.6) is 5.75 Å². The third kappa shape index (κ3) is 3.65. The summed E-state index contributed by atoms with van der Waals surface area (Å²) in [6, 6.07) is 6.19. The molecule has 1 heterocycles. The van der Waals surface area contributed by atoms with Crippen LogP contribution in [0.3, 0.4) is 0 Å². The monoisotopic (exact) mass is 329 g/mol. The molecule has 0 radical (unpaired) electrons. The van der Waals surface area contributed by atoms with Crippen LogP contribution in [0.25, 0.3) is 0 Å². The summed E-state index contributed by atoms with van der Waals surface area (Å²) in [6.45, 7) is 7.95. The standard InChI is InChI=1S/C14H20BrNOS/c1-10-7-16(8-11(2)18-10)9-12-6-13(17-3)4-5-14(12)15/h4-6,10-11H,7-9H2,1-3H3. The first kappa shape index (κ1) is 14.2. The third-order valence-electron chi connectivity index (χ3n) is 3.14. The molecule has 0 bridgehead atoms. The number of rotatable bonds is 3. The SMILES string of the molecule is COc1ccc(Br)c(CN2CC(C)SC(C)C2)c1. The first-order valence-corrected chi connectivity index (χ1v) is 8.02. The van der Waals surface area contributed by atoms with E-state index in [2.05, 4.69) is 58.6 Å². The molecule has 1 fully saturated rings. The number of nitrogens with zero attached hydrogens (tertiary/aromatic N) is 1. The van der Waals surface area contributed by atoms with Gasteiger partial charge in [-0.2, -0.15) is 11.8 Å². The number of halogens is 1. The van der Waals surface area contributed by atoms with Crippen LogP contribution in [0.2, 0.25) is 0 Å². The maximum atomic E-state index is 5.30. The quantitative estimate of drug-likeness (QED) is 0.837. The molecule has 2 unspecified atom stereocenters. The predicted molar refractivity (Wildman–Crippen MR) is 82.5 cm³/mol. The Balaban J connectivity index is 2.08. The number of hydrogen-bond acceptors (Lipinski definition) is 3. The Morgan fingerprint density at radius 2 is 2.00 bits per heavy atom. The van der Waals surface area contributed by atoms with Crippen LogP contribution in [-0.4, -0.2) is 35.6 Å². The molecule has 1 aliphatic rings. The third-order valence-corrected chi connectivity index (χ3v) is 5.14. The van der Waals surface area contributed by atoms with Gasteiger partial charge in [0.25, 0.3) is 0 Å². The van der Waals surface area contributed by atoms with Crippen molar-refractivity contribution in [2.45, 2.75) is 30.9 Å². The van der Waals surface area contributed by atoms with Gasteiger partial charge in [-0.05, 0) is 23.8 Å². The van der Waals surface area contributed by atoms with Crippen LogP contribution in [0.15, 0.2) is 22.7 Å². The number of benzene rings is 1. The Morgan fingerprint density at radius 3 is 2.61 bits per heavy atom. The van der Waals surface area contributed by atoms with E-state index in [0.29, 0.717) is 0 Å². The predicted octanol–water partition coefficient (Wildman–Crippen LogP) is 3.78. The molecule has 100 valence electrons.